The first kappa shape index (κ1) is 36.1. The van der Waals surface area contributed by atoms with E-state index in [0.717, 1.165) is 35.8 Å². The van der Waals surface area contributed by atoms with Crippen molar-refractivity contribution < 1.29 is 0 Å². The summed E-state index contributed by atoms with van der Waals surface area (Å²) < 4.78 is 0. The molecule has 0 aromatic rings. The average molecular weight is 548 g/mol. The number of hydrogen-bond donors (Lipinski definition) is 0. The van der Waals surface area contributed by atoms with Crippen LogP contribution in [0.4, 0.5) is 0 Å². The Balaban J connectivity index is 0.000000352. The van der Waals surface area contributed by atoms with Crippen LogP contribution in [0.3, 0.4) is 0 Å². The van der Waals surface area contributed by atoms with Crippen LogP contribution < -0.4 is 0 Å². The highest BCUT2D eigenvalue weighted by Gasteiger charge is 2.55. The highest BCUT2D eigenvalue weighted by atomic mass is 14.7. The molecule has 0 aliphatic heterocycles. The van der Waals surface area contributed by atoms with Crippen LogP contribution in [0.2, 0.25) is 0 Å². The second kappa shape index (κ2) is 17.8. The van der Waals surface area contributed by atoms with Gasteiger partial charge in [-0.2, -0.15) is 0 Å². The van der Waals surface area contributed by atoms with Crippen LogP contribution >= 0.6 is 0 Å². The average Bonchev–Trinajstić information content (AvgIpc) is 3.27. The number of fused-ring (bicyclic) bond motifs is 5. The Bertz CT molecular complexity index is 949. The van der Waals surface area contributed by atoms with Gasteiger partial charge in [-0.3, -0.25) is 4.99 Å². The van der Waals surface area contributed by atoms with Gasteiger partial charge in [0.15, 0.2) is 0 Å². The molecule has 0 aromatic carbocycles. The molecular formula is C39H65N. The van der Waals surface area contributed by atoms with Crippen molar-refractivity contribution >= 4 is 6.21 Å². The SMILES string of the molecule is C/C=C\C.C=CC.CC.CC1=CCC2C3CC=C4CC(C)CCC4(C)C3CCC12C.CC=NC1=CCCC=C1C. The lowest BCUT2D eigenvalue weighted by Gasteiger charge is -2.57. The van der Waals surface area contributed by atoms with Crippen molar-refractivity contribution in [1.82, 2.24) is 0 Å². The zero-order valence-electron chi connectivity index (χ0n) is 28.4. The molecule has 0 amide bonds. The predicted molar refractivity (Wildman–Crippen MR) is 183 cm³/mol. The van der Waals surface area contributed by atoms with Crippen LogP contribution in [0.1, 0.15) is 134 Å². The maximum Gasteiger partial charge on any atom is 0.0611 e. The van der Waals surface area contributed by atoms with Gasteiger partial charge >= 0.3 is 0 Å². The van der Waals surface area contributed by atoms with Gasteiger partial charge in [0.1, 0.15) is 0 Å². The lowest BCUT2D eigenvalue weighted by molar-refractivity contribution is -0.0202. The van der Waals surface area contributed by atoms with E-state index >= 15 is 0 Å². The minimum Gasteiger partial charge on any atom is -0.262 e. The Morgan fingerprint density at radius 2 is 1.43 bits per heavy atom. The Kier molecular flexibility index (Phi) is 16.1. The molecule has 6 unspecified atom stereocenters. The number of rotatable bonds is 1. The third-order valence-electron chi connectivity index (χ3n) is 10.3. The molecule has 2 saturated carbocycles. The molecule has 0 spiro atoms. The van der Waals surface area contributed by atoms with Crippen molar-refractivity contribution in [2.45, 2.75) is 134 Å². The standard InChI is InChI=1S/C21H32.C9H13N.C4H8.C3H6.C2H6/c1-14-9-11-21(4)16(13-14)6-7-17-18-8-5-15(2)20(18,3)12-10-19(17)21;1-3-10-9-7-5-4-6-8(9)2;1-3-4-2;1-3-2;1-2/h5-6,14,17-19H,7-13H2,1-4H3;3,6-7H,4-5H2,1-2H3;3-4H,1-2H3;3H,1H2,2H3;1-2H3/b;;4-3-;;. The van der Waals surface area contributed by atoms with Crippen LogP contribution in [-0.2, 0) is 0 Å². The molecule has 6 atom stereocenters. The van der Waals surface area contributed by atoms with Crippen molar-refractivity contribution in [3.05, 3.63) is 71.5 Å². The summed E-state index contributed by atoms with van der Waals surface area (Å²) >= 11 is 0. The molecule has 0 bridgehead atoms. The van der Waals surface area contributed by atoms with E-state index in [4.69, 9.17) is 0 Å². The molecule has 1 nitrogen and oxygen atoms in total. The fourth-order valence-electron chi connectivity index (χ4n) is 7.70. The minimum absolute atomic E-state index is 0.533. The third-order valence-corrected chi connectivity index (χ3v) is 10.3. The summed E-state index contributed by atoms with van der Waals surface area (Å²) in [6, 6.07) is 0. The monoisotopic (exact) mass is 548 g/mol. The Morgan fingerprint density at radius 1 is 0.825 bits per heavy atom. The smallest absolute Gasteiger partial charge is 0.0611 e. The Morgan fingerprint density at radius 3 is 2.00 bits per heavy atom. The van der Waals surface area contributed by atoms with Crippen molar-refractivity contribution in [1.29, 1.82) is 0 Å². The van der Waals surface area contributed by atoms with E-state index in [1.165, 1.54) is 56.9 Å². The largest absolute Gasteiger partial charge is 0.262 e. The molecule has 5 aliphatic carbocycles. The molecule has 5 rings (SSSR count). The Labute approximate surface area is 250 Å². The summed E-state index contributed by atoms with van der Waals surface area (Å²) in [5.41, 5.74) is 7.08. The van der Waals surface area contributed by atoms with E-state index in [-0.39, 0.29) is 0 Å². The van der Waals surface area contributed by atoms with Gasteiger partial charge in [0, 0.05) is 6.21 Å². The maximum atomic E-state index is 4.23. The summed E-state index contributed by atoms with van der Waals surface area (Å²) in [5.74, 6) is 3.79. The van der Waals surface area contributed by atoms with E-state index < -0.39 is 0 Å². The van der Waals surface area contributed by atoms with E-state index in [1.54, 1.807) is 11.6 Å². The molecule has 5 aliphatic rings. The lowest BCUT2D eigenvalue weighted by Crippen LogP contribution is -2.49. The van der Waals surface area contributed by atoms with Gasteiger partial charge in [0.25, 0.3) is 0 Å². The normalized spacial score (nSPS) is 33.7. The molecule has 2 fully saturated rings. The molecule has 0 aromatic heterocycles. The van der Waals surface area contributed by atoms with E-state index in [9.17, 15) is 0 Å². The van der Waals surface area contributed by atoms with Gasteiger partial charge in [-0.1, -0.05) is 88.3 Å². The highest BCUT2D eigenvalue weighted by Crippen LogP contribution is 2.65. The van der Waals surface area contributed by atoms with Crippen molar-refractivity contribution in [3.8, 4) is 0 Å². The maximum absolute atomic E-state index is 4.23. The number of hydrogen-bond acceptors (Lipinski definition) is 1. The van der Waals surface area contributed by atoms with E-state index in [2.05, 4.69) is 70.5 Å². The first-order valence-electron chi connectivity index (χ1n) is 16.5. The van der Waals surface area contributed by atoms with Crippen LogP contribution in [-0.4, -0.2) is 6.21 Å². The van der Waals surface area contributed by atoms with Gasteiger partial charge in [-0.05, 0) is 139 Å². The van der Waals surface area contributed by atoms with Crippen LogP contribution in [0.25, 0.3) is 0 Å². The zero-order chi connectivity index (χ0) is 30.3. The fourth-order valence-corrected chi connectivity index (χ4v) is 7.70. The summed E-state index contributed by atoms with van der Waals surface area (Å²) in [4.78, 5) is 4.23. The summed E-state index contributed by atoms with van der Waals surface area (Å²) in [6.45, 7) is 27.3. The first-order valence-corrected chi connectivity index (χ1v) is 16.5. The predicted octanol–water partition coefficient (Wildman–Crippen LogP) is 12.6. The first-order chi connectivity index (χ1) is 19.1. The zero-order valence-corrected chi connectivity index (χ0v) is 28.4. The molecule has 0 saturated heterocycles. The van der Waals surface area contributed by atoms with Gasteiger partial charge in [0.05, 0.1) is 5.70 Å². The van der Waals surface area contributed by atoms with Crippen LogP contribution in [0, 0.1) is 34.5 Å². The van der Waals surface area contributed by atoms with Crippen molar-refractivity contribution in [3.63, 3.8) is 0 Å². The van der Waals surface area contributed by atoms with Crippen LogP contribution in [0.15, 0.2) is 76.5 Å². The van der Waals surface area contributed by atoms with E-state index in [0.29, 0.717) is 10.8 Å². The Hall–Kier alpha value is -1.89. The van der Waals surface area contributed by atoms with Gasteiger partial charge < -0.3 is 0 Å². The van der Waals surface area contributed by atoms with Gasteiger partial charge in [-0.25, -0.2) is 0 Å². The second-order valence-electron chi connectivity index (χ2n) is 12.7. The van der Waals surface area contributed by atoms with Crippen molar-refractivity contribution in [2.24, 2.45) is 39.5 Å². The number of aliphatic imine (C=N–C) groups is 1. The molecule has 40 heavy (non-hydrogen) atoms. The van der Waals surface area contributed by atoms with Crippen molar-refractivity contribution in [2.75, 3.05) is 0 Å². The molecule has 0 N–H and O–H groups in total. The number of allylic oxidation sites excluding steroid dienone is 10. The summed E-state index contributed by atoms with van der Waals surface area (Å²) in [5, 5.41) is 0. The summed E-state index contributed by atoms with van der Waals surface area (Å²) in [7, 11) is 0. The summed E-state index contributed by atoms with van der Waals surface area (Å²) in [6.07, 6.45) is 29.6. The van der Waals surface area contributed by atoms with Gasteiger partial charge in [0.2, 0.25) is 0 Å². The molecular weight excluding hydrogens is 482 g/mol. The molecule has 0 heterocycles. The highest BCUT2D eigenvalue weighted by molar-refractivity contribution is 5.57. The lowest BCUT2D eigenvalue weighted by atomic mass is 9.47. The molecule has 1 heteroatoms. The molecule has 226 valence electrons. The third kappa shape index (κ3) is 8.80. The van der Waals surface area contributed by atoms with Crippen LogP contribution in [0.5, 0.6) is 0 Å². The topological polar surface area (TPSA) is 12.4 Å². The second-order valence-corrected chi connectivity index (χ2v) is 12.7. The quantitative estimate of drug-likeness (QED) is 0.229. The molecule has 0 radical (unpaired) electrons. The van der Waals surface area contributed by atoms with E-state index in [1.807, 2.05) is 65.5 Å². The number of nitrogens with zero attached hydrogens (tertiary/aromatic N) is 1. The fraction of sp³-hybridized carbons (Fsp3) is 0.667. The van der Waals surface area contributed by atoms with Gasteiger partial charge in [-0.15, -0.1) is 6.58 Å². The minimum atomic E-state index is 0.533.